The number of hydrogen-bond donors (Lipinski definition) is 2. The summed E-state index contributed by atoms with van der Waals surface area (Å²) in [4.78, 5) is 26.9. The summed E-state index contributed by atoms with van der Waals surface area (Å²) in [7, 11) is 3.66. The van der Waals surface area contributed by atoms with E-state index in [4.69, 9.17) is 15.3 Å². The number of nitrogens with one attached hydrogen (secondary N) is 1. The van der Waals surface area contributed by atoms with Crippen LogP contribution in [0.5, 0.6) is 0 Å². The number of nitrogens with two attached hydrogens (primary N) is 1. The molecule has 1 aliphatic heterocycles. The second-order valence-corrected chi connectivity index (χ2v) is 8.16. The molecular formula is C16H26N2O4S2. The van der Waals surface area contributed by atoms with E-state index in [0.717, 1.165) is 24.9 Å². The number of ether oxygens (including phenoxy) is 1. The third-order valence-corrected chi connectivity index (χ3v) is 6.11. The van der Waals surface area contributed by atoms with Gasteiger partial charge in [-0.25, -0.2) is 5.48 Å². The van der Waals surface area contributed by atoms with Gasteiger partial charge in [-0.3, -0.25) is 9.63 Å². The molecule has 8 heteroatoms. The van der Waals surface area contributed by atoms with E-state index in [1.165, 1.54) is 6.20 Å². The van der Waals surface area contributed by atoms with Gasteiger partial charge in [0.25, 0.3) is 0 Å². The molecule has 0 aromatic carbocycles. The highest BCUT2D eigenvalue weighted by Gasteiger charge is 2.33. The summed E-state index contributed by atoms with van der Waals surface area (Å²) in [5, 5.41) is 0.434. The number of aldehydes is 1. The lowest BCUT2D eigenvalue weighted by Crippen LogP contribution is -2.50. The number of allylic oxidation sites excluding steroid dienone is 2. The van der Waals surface area contributed by atoms with E-state index >= 15 is 0 Å². The van der Waals surface area contributed by atoms with Gasteiger partial charge < -0.3 is 15.3 Å². The molecule has 6 nitrogen and oxygen atoms in total. The summed E-state index contributed by atoms with van der Waals surface area (Å²) in [6.45, 7) is 2.64. The summed E-state index contributed by atoms with van der Waals surface area (Å²) in [5.41, 5.74) is 7.65. The summed E-state index contributed by atoms with van der Waals surface area (Å²) >= 11 is 0. The second-order valence-electron chi connectivity index (χ2n) is 5.29. The molecule has 1 aliphatic rings. The Kier molecular flexibility index (Phi) is 11.7. The van der Waals surface area contributed by atoms with Crippen LogP contribution in [0.15, 0.2) is 24.4 Å². The highest BCUT2D eigenvalue weighted by Crippen LogP contribution is 2.29. The number of carbonyl (C=O) groups excluding carboxylic acids is 2. The van der Waals surface area contributed by atoms with Gasteiger partial charge in [0.05, 0.1) is 12.7 Å². The zero-order valence-electron chi connectivity index (χ0n) is 13.9. The van der Waals surface area contributed by atoms with Crippen LogP contribution < -0.4 is 11.2 Å². The summed E-state index contributed by atoms with van der Waals surface area (Å²) in [6.07, 6.45) is 10.4. The number of rotatable bonds is 13. The van der Waals surface area contributed by atoms with Gasteiger partial charge in [-0.2, -0.15) is 0 Å². The maximum Gasteiger partial charge on any atom is 0.243 e. The highest BCUT2D eigenvalue weighted by molar-refractivity contribution is 8.77. The molecular weight excluding hydrogens is 348 g/mol. The van der Waals surface area contributed by atoms with Crippen molar-refractivity contribution >= 4 is 33.8 Å². The number of amides is 1. The first kappa shape index (κ1) is 21.1. The molecule has 0 spiro atoms. The highest BCUT2D eigenvalue weighted by atomic mass is 33.1. The van der Waals surface area contributed by atoms with Crippen molar-refractivity contribution in [3.63, 3.8) is 0 Å². The molecule has 136 valence electrons. The van der Waals surface area contributed by atoms with Crippen LogP contribution in [0.1, 0.15) is 32.6 Å². The third kappa shape index (κ3) is 9.36. The van der Waals surface area contributed by atoms with E-state index < -0.39 is 0 Å². The normalized spacial score (nSPS) is 21.7. The Morgan fingerprint density at radius 2 is 2.33 bits per heavy atom. The van der Waals surface area contributed by atoms with Crippen molar-refractivity contribution in [2.45, 2.75) is 50.1 Å². The van der Waals surface area contributed by atoms with Crippen molar-refractivity contribution < 1.29 is 19.2 Å². The average Bonchev–Trinajstić information content (AvgIpc) is 2.55. The molecule has 24 heavy (non-hydrogen) atoms. The van der Waals surface area contributed by atoms with Gasteiger partial charge in [0.15, 0.2) is 0 Å². The van der Waals surface area contributed by atoms with Crippen molar-refractivity contribution in [1.29, 1.82) is 0 Å². The van der Waals surface area contributed by atoms with Crippen LogP contribution in [0, 0.1) is 0 Å². The van der Waals surface area contributed by atoms with Gasteiger partial charge >= 0.3 is 0 Å². The van der Waals surface area contributed by atoms with E-state index in [2.05, 4.69) is 18.5 Å². The van der Waals surface area contributed by atoms with Gasteiger partial charge in [0.1, 0.15) is 12.4 Å². The molecule has 3 atom stereocenters. The summed E-state index contributed by atoms with van der Waals surface area (Å²) in [5.74, 6) is 0.764. The van der Waals surface area contributed by atoms with E-state index in [1.807, 2.05) is 33.7 Å². The van der Waals surface area contributed by atoms with Crippen LogP contribution in [0.25, 0.3) is 0 Å². The van der Waals surface area contributed by atoms with Gasteiger partial charge in [0, 0.05) is 23.8 Å². The van der Waals surface area contributed by atoms with Crippen molar-refractivity contribution in [3.05, 3.63) is 24.4 Å². The lowest BCUT2D eigenvalue weighted by Gasteiger charge is -2.35. The molecule has 0 bridgehead atoms. The van der Waals surface area contributed by atoms with Crippen molar-refractivity contribution in [2.75, 3.05) is 12.4 Å². The lowest BCUT2D eigenvalue weighted by molar-refractivity contribution is -0.215. The molecule has 1 fully saturated rings. The first-order chi connectivity index (χ1) is 11.7. The average molecular weight is 375 g/mol. The van der Waals surface area contributed by atoms with Gasteiger partial charge in [-0.1, -0.05) is 33.7 Å². The Labute approximate surface area is 151 Å². The fourth-order valence-electron chi connectivity index (χ4n) is 1.89. The van der Waals surface area contributed by atoms with Crippen LogP contribution in [0.2, 0.25) is 0 Å². The topological polar surface area (TPSA) is 90.7 Å². The third-order valence-electron chi connectivity index (χ3n) is 3.24. The number of hydroxylamine groups is 1. The minimum atomic E-state index is -0.272. The molecule has 0 saturated carbocycles. The maximum absolute atomic E-state index is 11.4. The molecule has 0 radical (unpaired) electrons. The Balaban J connectivity index is 2.03. The van der Waals surface area contributed by atoms with Crippen LogP contribution in [-0.2, 0) is 19.2 Å². The predicted molar refractivity (Wildman–Crippen MR) is 99.3 cm³/mol. The van der Waals surface area contributed by atoms with Gasteiger partial charge in [-0.05, 0) is 32.0 Å². The molecule has 0 aliphatic carbocycles. The van der Waals surface area contributed by atoms with Crippen molar-refractivity contribution in [3.8, 4) is 0 Å². The molecule has 0 aromatic rings. The van der Waals surface area contributed by atoms with E-state index in [0.29, 0.717) is 11.9 Å². The molecule has 1 rings (SSSR count). The zero-order chi connectivity index (χ0) is 17.6. The van der Waals surface area contributed by atoms with Crippen LogP contribution in [0.4, 0.5) is 0 Å². The first-order valence-electron chi connectivity index (χ1n) is 8.00. The van der Waals surface area contributed by atoms with Gasteiger partial charge in [-0.15, -0.1) is 0 Å². The Morgan fingerprint density at radius 1 is 1.50 bits per heavy atom. The zero-order valence-corrected chi connectivity index (χ0v) is 15.5. The standard InChI is InChI=1S/C16H26N2O4S2/c1-13(6-2-3-9-17)24-23-11-5-7-14-15(12-21-14)22-18-16(20)8-4-10-19/h2-3,6,9-10,13-15H,4-5,7-8,11-12,17H2,1H3,(H,18,20)/b6-2-,9-3-. The molecule has 1 saturated heterocycles. The largest absolute Gasteiger partial charge is 0.405 e. The van der Waals surface area contributed by atoms with Crippen molar-refractivity contribution in [1.82, 2.24) is 5.48 Å². The summed E-state index contributed by atoms with van der Waals surface area (Å²) < 4.78 is 5.47. The van der Waals surface area contributed by atoms with Crippen molar-refractivity contribution in [2.24, 2.45) is 5.73 Å². The Morgan fingerprint density at radius 3 is 3.00 bits per heavy atom. The van der Waals surface area contributed by atoms with Gasteiger partial charge in [0.2, 0.25) is 5.91 Å². The molecule has 1 amide bonds. The minimum Gasteiger partial charge on any atom is -0.405 e. The fraction of sp³-hybridized carbons (Fsp3) is 0.625. The van der Waals surface area contributed by atoms with E-state index in [-0.39, 0.29) is 31.0 Å². The lowest BCUT2D eigenvalue weighted by atomic mass is 10.1. The fourth-order valence-corrected chi connectivity index (χ4v) is 4.12. The monoisotopic (exact) mass is 374 g/mol. The number of hydrogen-bond acceptors (Lipinski definition) is 7. The molecule has 1 heterocycles. The molecule has 0 aromatic heterocycles. The number of carbonyl (C=O) groups is 2. The second kappa shape index (κ2) is 13.3. The smallest absolute Gasteiger partial charge is 0.243 e. The van der Waals surface area contributed by atoms with E-state index in [1.54, 1.807) is 0 Å². The van der Waals surface area contributed by atoms with E-state index in [9.17, 15) is 9.59 Å². The molecule has 3 unspecified atom stereocenters. The summed E-state index contributed by atoms with van der Waals surface area (Å²) in [6, 6.07) is 0. The molecule has 3 N–H and O–H groups in total. The van der Waals surface area contributed by atoms with Crippen LogP contribution in [-0.4, -0.2) is 42.0 Å². The minimum absolute atomic E-state index is 0.0361. The first-order valence-corrected chi connectivity index (χ1v) is 10.4. The Bertz CT molecular complexity index is 432. The quantitative estimate of drug-likeness (QED) is 0.168. The Hall–Kier alpha value is -0.960. The SMILES string of the molecule is CC(/C=C\C=C/N)SSCCCC1OCC1ONC(=O)CCC=O. The van der Waals surface area contributed by atoms with Crippen LogP contribution >= 0.6 is 21.6 Å². The predicted octanol–water partition coefficient (Wildman–Crippen LogP) is 2.36. The van der Waals surface area contributed by atoms with Crippen LogP contribution in [0.3, 0.4) is 0 Å². The maximum atomic E-state index is 11.4.